The third kappa shape index (κ3) is 5.29. The molecule has 2 aromatic carbocycles. The van der Waals surface area contributed by atoms with E-state index in [-0.39, 0.29) is 22.9 Å². The van der Waals surface area contributed by atoms with Gasteiger partial charge in [0.05, 0.1) is 41.4 Å². The Balaban J connectivity index is 1.37. The number of Topliss-reactive ketones (excluding diaryl/α,β-unsaturated/α-hetero) is 1. The summed E-state index contributed by atoms with van der Waals surface area (Å²) in [5, 5.41) is 8.53. The van der Waals surface area contributed by atoms with Crippen molar-refractivity contribution in [2.24, 2.45) is 0 Å². The van der Waals surface area contributed by atoms with Crippen LogP contribution < -0.4 is 5.56 Å². The number of hydrogen-bond acceptors (Lipinski definition) is 6. The van der Waals surface area contributed by atoms with Gasteiger partial charge in [-0.05, 0) is 42.0 Å². The summed E-state index contributed by atoms with van der Waals surface area (Å²) in [5.74, 6) is -0.149. The molecule has 0 spiro atoms. The second-order valence-corrected chi connectivity index (χ2v) is 10.1. The van der Waals surface area contributed by atoms with Gasteiger partial charge in [-0.25, -0.2) is 9.67 Å². The largest absolute Gasteiger partial charge is 0.360 e. The van der Waals surface area contributed by atoms with E-state index in [1.807, 2.05) is 48.5 Å². The normalized spacial score (nSPS) is 12.1. The molecule has 4 aromatic heterocycles. The third-order valence-corrected chi connectivity index (χ3v) is 6.99. The maximum absolute atomic E-state index is 13.7. The summed E-state index contributed by atoms with van der Waals surface area (Å²) in [4.78, 5) is 39.5. The highest BCUT2D eigenvalue weighted by molar-refractivity contribution is 6.31. The molecule has 0 saturated carbocycles. The molecule has 0 radical (unpaired) electrons. The van der Waals surface area contributed by atoms with E-state index in [4.69, 9.17) is 23.2 Å². The summed E-state index contributed by atoms with van der Waals surface area (Å²) in [7, 11) is 0. The number of nitrogens with zero attached hydrogens (tertiary/aromatic N) is 6. The van der Waals surface area contributed by atoms with Gasteiger partial charge in [0.25, 0.3) is 5.56 Å². The number of carbonyl (C=O) groups is 1. The summed E-state index contributed by atoms with van der Waals surface area (Å²) < 4.78 is 2.86. The number of benzene rings is 2. The SMILES string of the molecule is O=C(Cc1ccc2[nH]ccc2n1)[C@H](Cc1ccccc1)n1cnc(-c2cc(Cl)ccc2-n2cc(Cl)nn2)cc1=O. The summed E-state index contributed by atoms with van der Waals surface area (Å²) in [6.07, 6.45) is 5.15. The number of fused-ring (bicyclic) bond motifs is 1. The molecule has 0 unspecified atom stereocenters. The van der Waals surface area contributed by atoms with E-state index in [9.17, 15) is 9.59 Å². The summed E-state index contributed by atoms with van der Waals surface area (Å²) in [6, 6.07) is 20.9. The number of ketones is 1. The van der Waals surface area contributed by atoms with Crippen molar-refractivity contribution in [3.05, 3.63) is 123 Å². The zero-order valence-corrected chi connectivity index (χ0v) is 22.4. The van der Waals surface area contributed by atoms with E-state index in [1.165, 1.54) is 21.6 Å². The van der Waals surface area contributed by atoms with E-state index in [0.717, 1.165) is 16.6 Å². The van der Waals surface area contributed by atoms with Crippen LogP contribution >= 0.6 is 23.2 Å². The Kier molecular flexibility index (Phi) is 6.98. The van der Waals surface area contributed by atoms with Gasteiger partial charge in [-0.2, -0.15) is 0 Å². The van der Waals surface area contributed by atoms with Crippen molar-refractivity contribution in [3.8, 4) is 16.9 Å². The topological polar surface area (TPSA) is 111 Å². The Morgan fingerprint density at radius 1 is 1.00 bits per heavy atom. The zero-order valence-electron chi connectivity index (χ0n) is 20.9. The van der Waals surface area contributed by atoms with Gasteiger partial charge < -0.3 is 4.98 Å². The summed E-state index contributed by atoms with van der Waals surface area (Å²) >= 11 is 12.3. The minimum absolute atomic E-state index is 0.0678. The van der Waals surface area contributed by atoms with Crippen molar-refractivity contribution < 1.29 is 4.79 Å². The van der Waals surface area contributed by atoms with Gasteiger partial charge in [0.2, 0.25) is 0 Å². The van der Waals surface area contributed by atoms with Gasteiger partial charge in [-0.15, -0.1) is 5.10 Å². The molecule has 0 aliphatic carbocycles. The molecule has 0 fully saturated rings. The maximum atomic E-state index is 13.7. The lowest BCUT2D eigenvalue weighted by Gasteiger charge is -2.19. The van der Waals surface area contributed by atoms with Gasteiger partial charge in [0.1, 0.15) is 6.04 Å². The van der Waals surface area contributed by atoms with E-state index in [0.29, 0.717) is 34.1 Å². The molecule has 0 amide bonds. The molecule has 9 nitrogen and oxygen atoms in total. The molecule has 0 aliphatic heterocycles. The summed E-state index contributed by atoms with van der Waals surface area (Å²) in [6.45, 7) is 0. The van der Waals surface area contributed by atoms with E-state index < -0.39 is 6.04 Å². The second-order valence-electron chi connectivity index (χ2n) is 9.23. The number of hydrogen-bond donors (Lipinski definition) is 1. The predicted octanol–water partition coefficient (Wildman–Crippen LogP) is 5.27. The van der Waals surface area contributed by atoms with Gasteiger partial charge in [-0.1, -0.05) is 58.7 Å². The minimum Gasteiger partial charge on any atom is -0.360 e. The molecular weight excluding hydrogens is 549 g/mol. The molecule has 6 rings (SSSR count). The average molecular weight is 570 g/mol. The van der Waals surface area contributed by atoms with E-state index >= 15 is 0 Å². The maximum Gasteiger partial charge on any atom is 0.254 e. The third-order valence-electron chi connectivity index (χ3n) is 6.58. The molecule has 0 bridgehead atoms. The standard InChI is InChI=1S/C29H21Cl2N7O2/c30-19-6-9-25(38-16-28(31)35-36-38)21(13-19)24-15-29(40)37(17-33-24)26(12-18-4-2-1-3-5-18)27(39)14-20-7-8-22-23(34-20)10-11-32-22/h1-11,13,15-17,26,32H,12,14H2/t26-/m0/s1. The molecule has 4 heterocycles. The van der Waals surface area contributed by atoms with E-state index in [1.54, 1.807) is 30.6 Å². The smallest absolute Gasteiger partial charge is 0.254 e. The highest BCUT2D eigenvalue weighted by Crippen LogP contribution is 2.28. The molecule has 0 aliphatic rings. The van der Waals surface area contributed by atoms with Crippen LogP contribution in [0.2, 0.25) is 10.2 Å². The molecule has 40 heavy (non-hydrogen) atoms. The Morgan fingerprint density at radius 2 is 1.85 bits per heavy atom. The van der Waals surface area contributed by atoms with Crippen LogP contribution in [-0.4, -0.2) is 40.3 Å². The lowest BCUT2D eigenvalue weighted by molar-refractivity contribution is -0.121. The van der Waals surface area contributed by atoms with Crippen molar-refractivity contribution in [1.82, 2.24) is 34.5 Å². The monoisotopic (exact) mass is 569 g/mol. The number of H-pyrrole nitrogens is 1. The Morgan fingerprint density at radius 3 is 2.62 bits per heavy atom. The number of aromatic nitrogens is 7. The quantitative estimate of drug-likeness (QED) is 0.267. The fourth-order valence-electron chi connectivity index (χ4n) is 4.64. The molecule has 11 heteroatoms. The summed E-state index contributed by atoms with van der Waals surface area (Å²) in [5.41, 5.74) is 4.37. The average Bonchev–Trinajstić information content (AvgIpc) is 3.61. The van der Waals surface area contributed by atoms with Crippen molar-refractivity contribution in [3.63, 3.8) is 0 Å². The Hall–Kier alpha value is -4.60. The van der Waals surface area contributed by atoms with Gasteiger partial charge in [-0.3, -0.25) is 19.1 Å². The first-order valence-electron chi connectivity index (χ1n) is 12.4. The van der Waals surface area contributed by atoms with Crippen LogP contribution in [0.5, 0.6) is 0 Å². The van der Waals surface area contributed by atoms with Gasteiger partial charge in [0.15, 0.2) is 10.9 Å². The molecule has 6 aromatic rings. The van der Waals surface area contributed by atoms with Crippen molar-refractivity contribution in [2.45, 2.75) is 18.9 Å². The molecule has 0 saturated heterocycles. The Labute approximate surface area is 238 Å². The number of pyridine rings is 1. The van der Waals surface area contributed by atoms with E-state index in [2.05, 4.69) is 25.3 Å². The zero-order chi connectivity index (χ0) is 27.6. The predicted molar refractivity (Wildman–Crippen MR) is 153 cm³/mol. The first kappa shape index (κ1) is 25.7. The number of carbonyl (C=O) groups excluding carboxylic acids is 1. The number of halogens is 2. The number of aromatic amines is 1. The van der Waals surface area contributed by atoms with Crippen LogP contribution in [0, 0.1) is 0 Å². The van der Waals surface area contributed by atoms with Crippen molar-refractivity contribution in [2.75, 3.05) is 0 Å². The van der Waals surface area contributed by atoms with Crippen LogP contribution in [0.3, 0.4) is 0 Å². The fraction of sp³-hybridized carbons (Fsp3) is 0.103. The van der Waals surface area contributed by atoms with Crippen LogP contribution in [0.25, 0.3) is 28.0 Å². The fourth-order valence-corrected chi connectivity index (χ4v) is 4.94. The molecule has 1 atom stereocenters. The first-order valence-corrected chi connectivity index (χ1v) is 13.2. The van der Waals surface area contributed by atoms with Crippen LogP contribution in [0.1, 0.15) is 17.3 Å². The minimum atomic E-state index is -0.784. The van der Waals surface area contributed by atoms with Crippen LogP contribution in [-0.2, 0) is 17.6 Å². The highest BCUT2D eigenvalue weighted by Gasteiger charge is 2.24. The van der Waals surface area contributed by atoms with Gasteiger partial charge >= 0.3 is 0 Å². The number of rotatable bonds is 8. The molecular formula is C29H21Cl2N7O2. The molecule has 198 valence electrons. The van der Waals surface area contributed by atoms with Crippen molar-refractivity contribution in [1.29, 1.82) is 0 Å². The van der Waals surface area contributed by atoms with Crippen LogP contribution in [0.4, 0.5) is 0 Å². The van der Waals surface area contributed by atoms with Gasteiger partial charge in [0, 0.05) is 35.0 Å². The number of nitrogens with one attached hydrogen (secondary N) is 1. The first-order chi connectivity index (χ1) is 19.4. The van der Waals surface area contributed by atoms with Crippen molar-refractivity contribution >= 4 is 40.0 Å². The second kappa shape index (κ2) is 10.9. The van der Waals surface area contributed by atoms with Crippen LogP contribution in [0.15, 0.2) is 96.3 Å². The lowest BCUT2D eigenvalue weighted by atomic mass is 9.99. The Bertz CT molecular complexity index is 1900. The molecule has 1 N–H and O–H groups in total. The highest BCUT2D eigenvalue weighted by atomic mass is 35.5. The lowest BCUT2D eigenvalue weighted by Crippen LogP contribution is -2.32.